The molecule has 2 atom stereocenters. The Morgan fingerprint density at radius 3 is 2.82 bits per heavy atom. The van der Waals surface area contributed by atoms with E-state index < -0.39 is 0 Å². The third-order valence-corrected chi connectivity index (χ3v) is 3.67. The van der Waals surface area contributed by atoms with Crippen molar-refractivity contribution in [1.82, 2.24) is 4.90 Å². The first-order valence-electron chi connectivity index (χ1n) is 6.42. The van der Waals surface area contributed by atoms with Gasteiger partial charge in [-0.05, 0) is 32.1 Å². The van der Waals surface area contributed by atoms with Crippen molar-refractivity contribution in [2.75, 3.05) is 19.7 Å². The van der Waals surface area contributed by atoms with Gasteiger partial charge in [0.25, 0.3) is 0 Å². The summed E-state index contributed by atoms with van der Waals surface area (Å²) in [6.07, 6.45) is 6.27. The number of carbonyl (C=O) groups excluding carboxylic acids is 1. The maximum atomic E-state index is 12.0. The summed E-state index contributed by atoms with van der Waals surface area (Å²) in [7, 11) is 0. The Kier molecular flexibility index (Phi) is 6.23. The van der Waals surface area contributed by atoms with E-state index in [0.717, 1.165) is 45.3 Å². The molecule has 2 heterocycles. The van der Waals surface area contributed by atoms with E-state index in [2.05, 4.69) is 0 Å². The van der Waals surface area contributed by atoms with E-state index in [-0.39, 0.29) is 24.4 Å². The first-order valence-corrected chi connectivity index (χ1v) is 6.42. The Morgan fingerprint density at radius 1 is 1.35 bits per heavy atom. The molecule has 100 valence electrons. The molecule has 2 rings (SSSR count). The van der Waals surface area contributed by atoms with Crippen LogP contribution in [0.1, 0.15) is 38.5 Å². The summed E-state index contributed by atoms with van der Waals surface area (Å²) in [5, 5.41) is 0. The van der Waals surface area contributed by atoms with Crippen molar-refractivity contribution in [3.63, 3.8) is 0 Å². The summed E-state index contributed by atoms with van der Waals surface area (Å²) in [4.78, 5) is 14.0. The number of nitrogens with two attached hydrogens (primary N) is 1. The molecule has 2 N–H and O–H groups in total. The topological polar surface area (TPSA) is 55.6 Å². The largest absolute Gasteiger partial charge is 0.378 e. The molecule has 0 spiro atoms. The molecule has 2 aliphatic heterocycles. The quantitative estimate of drug-likeness (QED) is 0.831. The van der Waals surface area contributed by atoms with Gasteiger partial charge >= 0.3 is 0 Å². The summed E-state index contributed by atoms with van der Waals surface area (Å²) in [6.45, 7) is 2.37. The van der Waals surface area contributed by atoms with Gasteiger partial charge in [0, 0.05) is 32.2 Å². The fraction of sp³-hybridized carbons (Fsp3) is 0.917. The van der Waals surface area contributed by atoms with Crippen LogP contribution in [0, 0.1) is 0 Å². The third kappa shape index (κ3) is 3.83. The summed E-state index contributed by atoms with van der Waals surface area (Å²) >= 11 is 0. The van der Waals surface area contributed by atoms with E-state index in [1.54, 1.807) is 0 Å². The number of rotatable bonds is 4. The van der Waals surface area contributed by atoms with E-state index in [9.17, 15) is 4.79 Å². The molecule has 1 amide bonds. The SMILES string of the molecule is Cl.NCC1CCCN1C(=O)CCC1CCCO1. The van der Waals surface area contributed by atoms with Gasteiger partial charge in [-0.1, -0.05) is 0 Å². The molecule has 4 nitrogen and oxygen atoms in total. The molecule has 2 unspecified atom stereocenters. The molecule has 0 radical (unpaired) electrons. The minimum absolute atomic E-state index is 0. The molecule has 0 bridgehead atoms. The van der Waals surface area contributed by atoms with Crippen molar-refractivity contribution >= 4 is 18.3 Å². The first kappa shape index (κ1) is 14.7. The predicted octanol–water partition coefficient (Wildman–Crippen LogP) is 1.32. The van der Waals surface area contributed by atoms with Crippen molar-refractivity contribution in [2.24, 2.45) is 5.73 Å². The Morgan fingerprint density at radius 2 is 2.18 bits per heavy atom. The Hall–Kier alpha value is -0.320. The Labute approximate surface area is 109 Å². The highest BCUT2D eigenvalue weighted by molar-refractivity contribution is 5.85. The average molecular weight is 263 g/mol. The second-order valence-electron chi connectivity index (χ2n) is 4.79. The average Bonchev–Trinajstić information content (AvgIpc) is 2.96. The summed E-state index contributed by atoms with van der Waals surface area (Å²) in [6, 6.07) is 0.289. The summed E-state index contributed by atoms with van der Waals surface area (Å²) < 4.78 is 5.52. The molecular weight excluding hydrogens is 240 g/mol. The van der Waals surface area contributed by atoms with Crippen LogP contribution in [0.15, 0.2) is 0 Å². The number of hydrogen-bond acceptors (Lipinski definition) is 3. The molecule has 0 aliphatic carbocycles. The molecule has 0 aromatic carbocycles. The van der Waals surface area contributed by atoms with Gasteiger partial charge in [0.15, 0.2) is 0 Å². The fourth-order valence-electron chi connectivity index (χ4n) is 2.71. The van der Waals surface area contributed by atoms with Crippen molar-refractivity contribution in [1.29, 1.82) is 0 Å². The van der Waals surface area contributed by atoms with Gasteiger partial charge in [0.1, 0.15) is 0 Å². The Balaban J connectivity index is 0.00000144. The normalized spacial score (nSPS) is 28.2. The van der Waals surface area contributed by atoms with Gasteiger partial charge in [-0.25, -0.2) is 0 Å². The standard InChI is InChI=1S/C12H22N2O2.ClH/c13-9-10-3-1-7-14(10)12(15)6-5-11-4-2-8-16-11;/h10-11H,1-9,13H2;1H. The lowest BCUT2D eigenvalue weighted by Gasteiger charge is -2.24. The number of carbonyl (C=O) groups is 1. The fourth-order valence-corrected chi connectivity index (χ4v) is 2.71. The van der Waals surface area contributed by atoms with Gasteiger partial charge < -0.3 is 15.4 Å². The number of likely N-dealkylation sites (tertiary alicyclic amines) is 1. The van der Waals surface area contributed by atoms with Gasteiger partial charge in [-0.15, -0.1) is 12.4 Å². The lowest BCUT2D eigenvalue weighted by Crippen LogP contribution is -2.40. The van der Waals surface area contributed by atoms with Gasteiger partial charge in [0.05, 0.1) is 6.10 Å². The lowest BCUT2D eigenvalue weighted by atomic mass is 10.1. The van der Waals surface area contributed by atoms with E-state index >= 15 is 0 Å². The highest BCUT2D eigenvalue weighted by Gasteiger charge is 2.28. The van der Waals surface area contributed by atoms with Crippen LogP contribution >= 0.6 is 12.4 Å². The summed E-state index contributed by atoms with van der Waals surface area (Å²) in [5.41, 5.74) is 5.66. The number of ether oxygens (including phenoxy) is 1. The zero-order valence-corrected chi connectivity index (χ0v) is 11.1. The second kappa shape index (κ2) is 7.19. The zero-order valence-electron chi connectivity index (χ0n) is 10.3. The predicted molar refractivity (Wildman–Crippen MR) is 69.2 cm³/mol. The lowest BCUT2D eigenvalue weighted by molar-refractivity contribution is -0.132. The van der Waals surface area contributed by atoms with Gasteiger partial charge in [-0.3, -0.25) is 4.79 Å². The van der Waals surface area contributed by atoms with Crippen LogP contribution in [0.2, 0.25) is 0 Å². The van der Waals surface area contributed by atoms with Gasteiger partial charge in [-0.2, -0.15) is 0 Å². The molecule has 2 fully saturated rings. The molecule has 0 aromatic rings. The molecule has 17 heavy (non-hydrogen) atoms. The number of nitrogens with zero attached hydrogens (tertiary/aromatic N) is 1. The third-order valence-electron chi connectivity index (χ3n) is 3.67. The van der Waals surface area contributed by atoms with Crippen molar-refractivity contribution in [3.8, 4) is 0 Å². The maximum Gasteiger partial charge on any atom is 0.222 e. The van der Waals surface area contributed by atoms with Crippen LogP contribution < -0.4 is 5.73 Å². The highest BCUT2D eigenvalue weighted by Crippen LogP contribution is 2.21. The number of halogens is 1. The minimum Gasteiger partial charge on any atom is -0.378 e. The van der Waals surface area contributed by atoms with Crippen molar-refractivity contribution in [2.45, 2.75) is 50.7 Å². The van der Waals surface area contributed by atoms with Crippen LogP contribution in [0.25, 0.3) is 0 Å². The molecular formula is C12H23ClN2O2. The second-order valence-corrected chi connectivity index (χ2v) is 4.79. The van der Waals surface area contributed by atoms with Gasteiger partial charge in [0.2, 0.25) is 5.91 Å². The Bertz CT molecular complexity index is 245. The zero-order chi connectivity index (χ0) is 11.4. The molecule has 5 heteroatoms. The molecule has 0 aromatic heterocycles. The first-order chi connectivity index (χ1) is 7.81. The highest BCUT2D eigenvalue weighted by atomic mass is 35.5. The minimum atomic E-state index is 0. The smallest absolute Gasteiger partial charge is 0.222 e. The van der Waals surface area contributed by atoms with Crippen LogP contribution in [0.5, 0.6) is 0 Å². The van der Waals surface area contributed by atoms with E-state index in [0.29, 0.717) is 19.1 Å². The number of hydrogen-bond donors (Lipinski definition) is 1. The van der Waals surface area contributed by atoms with Crippen molar-refractivity contribution < 1.29 is 9.53 Å². The van der Waals surface area contributed by atoms with Crippen LogP contribution in [-0.2, 0) is 9.53 Å². The monoisotopic (exact) mass is 262 g/mol. The van der Waals surface area contributed by atoms with Crippen molar-refractivity contribution in [3.05, 3.63) is 0 Å². The molecule has 2 aliphatic rings. The van der Waals surface area contributed by atoms with E-state index in [1.165, 1.54) is 0 Å². The molecule has 2 saturated heterocycles. The molecule has 0 saturated carbocycles. The van der Waals surface area contributed by atoms with E-state index in [1.807, 2.05) is 4.90 Å². The van der Waals surface area contributed by atoms with E-state index in [4.69, 9.17) is 10.5 Å². The van der Waals surface area contributed by atoms with Crippen LogP contribution in [0.3, 0.4) is 0 Å². The van der Waals surface area contributed by atoms with Crippen LogP contribution in [-0.4, -0.2) is 42.6 Å². The summed E-state index contributed by atoms with van der Waals surface area (Å²) in [5.74, 6) is 0.267. The maximum absolute atomic E-state index is 12.0. The number of amides is 1. The van der Waals surface area contributed by atoms with Crippen LogP contribution in [0.4, 0.5) is 0 Å².